The van der Waals surface area contributed by atoms with Gasteiger partial charge >= 0.3 is 12.5 Å². The molecule has 0 aromatic heterocycles. The van der Waals surface area contributed by atoms with Gasteiger partial charge in [0.15, 0.2) is 0 Å². The standard InChI is InChI=1S/C22H22F3NO5/c23-22(24,25)31-19-8-6-16(7-9-19)21(28)10-17-13-29-14-18(11-21)26(17)20(27)30-12-15-4-2-1-3-5-15/h1-9,17-18,28H,10-14H2. The summed E-state index contributed by atoms with van der Waals surface area (Å²) in [7, 11) is 0. The first-order valence-corrected chi connectivity index (χ1v) is 9.89. The number of halogens is 3. The molecule has 2 bridgehead atoms. The zero-order valence-corrected chi connectivity index (χ0v) is 16.5. The van der Waals surface area contributed by atoms with E-state index in [1.165, 1.54) is 24.3 Å². The predicted octanol–water partition coefficient (Wildman–Crippen LogP) is 3.97. The Morgan fingerprint density at radius 2 is 1.68 bits per heavy atom. The quantitative estimate of drug-likeness (QED) is 0.784. The fraction of sp³-hybridized carbons (Fsp3) is 0.409. The molecule has 2 unspecified atom stereocenters. The maximum atomic E-state index is 12.8. The smallest absolute Gasteiger partial charge is 0.445 e. The van der Waals surface area contributed by atoms with Crippen molar-refractivity contribution in [3.05, 3.63) is 65.7 Å². The highest BCUT2D eigenvalue weighted by Gasteiger charge is 2.49. The second-order valence-corrected chi connectivity index (χ2v) is 7.80. The molecule has 4 rings (SSSR count). The topological polar surface area (TPSA) is 68.2 Å². The summed E-state index contributed by atoms with van der Waals surface area (Å²) in [5, 5.41) is 11.3. The highest BCUT2D eigenvalue weighted by atomic mass is 19.4. The van der Waals surface area contributed by atoms with Gasteiger partial charge in [-0.25, -0.2) is 4.79 Å². The molecule has 2 fully saturated rings. The van der Waals surface area contributed by atoms with E-state index in [9.17, 15) is 23.1 Å². The van der Waals surface area contributed by atoms with Crippen LogP contribution in [0.1, 0.15) is 24.0 Å². The summed E-state index contributed by atoms with van der Waals surface area (Å²) in [6.45, 7) is 0.629. The fourth-order valence-corrected chi connectivity index (χ4v) is 4.27. The van der Waals surface area contributed by atoms with E-state index < -0.39 is 30.1 Å². The third-order valence-electron chi connectivity index (χ3n) is 5.60. The average molecular weight is 437 g/mol. The highest BCUT2D eigenvalue weighted by molar-refractivity contribution is 5.69. The molecule has 2 atom stereocenters. The maximum Gasteiger partial charge on any atom is 0.573 e. The second kappa shape index (κ2) is 8.39. The van der Waals surface area contributed by atoms with E-state index in [0.29, 0.717) is 5.56 Å². The number of morpholine rings is 1. The van der Waals surface area contributed by atoms with E-state index in [-0.39, 0.29) is 38.4 Å². The van der Waals surface area contributed by atoms with Gasteiger partial charge in [0, 0.05) is 12.8 Å². The number of rotatable bonds is 4. The van der Waals surface area contributed by atoms with Gasteiger partial charge < -0.3 is 19.3 Å². The number of fused-ring (bicyclic) bond motifs is 2. The number of ether oxygens (including phenoxy) is 3. The Morgan fingerprint density at radius 3 is 2.26 bits per heavy atom. The minimum atomic E-state index is -4.78. The summed E-state index contributed by atoms with van der Waals surface area (Å²) >= 11 is 0. The van der Waals surface area contributed by atoms with Crippen LogP contribution < -0.4 is 4.74 Å². The molecular weight excluding hydrogens is 415 g/mol. The summed E-state index contributed by atoms with van der Waals surface area (Å²) in [5.41, 5.74) is 0.0367. The van der Waals surface area contributed by atoms with Crippen molar-refractivity contribution < 1.29 is 37.3 Å². The molecule has 9 heteroatoms. The first kappa shape index (κ1) is 21.5. The van der Waals surface area contributed by atoms with Crippen molar-refractivity contribution in [1.29, 1.82) is 0 Å². The van der Waals surface area contributed by atoms with Crippen molar-refractivity contribution in [3.8, 4) is 5.75 Å². The van der Waals surface area contributed by atoms with Crippen molar-refractivity contribution in [2.45, 2.75) is 43.5 Å². The average Bonchev–Trinajstić information content (AvgIpc) is 2.71. The summed E-state index contributed by atoms with van der Waals surface area (Å²) in [5.74, 6) is -0.356. The van der Waals surface area contributed by atoms with E-state index in [0.717, 1.165) is 5.56 Å². The number of amides is 1. The molecule has 2 aliphatic heterocycles. The van der Waals surface area contributed by atoms with E-state index in [2.05, 4.69) is 4.74 Å². The Morgan fingerprint density at radius 1 is 1.06 bits per heavy atom. The maximum absolute atomic E-state index is 12.8. The summed E-state index contributed by atoms with van der Waals surface area (Å²) in [4.78, 5) is 14.4. The third kappa shape index (κ3) is 4.94. The highest BCUT2D eigenvalue weighted by Crippen LogP contribution is 2.42. The molecule has 2 aromatic rings. The van der Waals surface area contributed by atoms with Gasteiger partial charge in [0.05, 0.1) is 30.9 Å². The van der Waals surface area contributed by atoms with Crippen LogP contribution in [0, 0.1) is 0 Å². The van der Waals surface area contributed by atoms with Gasteiger partial charge in [-0.3, -0.25) is 4.90 Å². The van der Waals surface area contributed by atoms with Crippen LogP contribution in [0.25, 0.3) is 0 Å². The Labute approximate surface area is 177 Å². The van der Waals surface area contributed by atoms with Gasteiger partial charge in [0.2, 0.25) is 0 Å². The molecule has 2 aliphatic rings. The van der Waals surface area contributed by atoms with Gasteiger partial charge in [-0.2, -0.15) is 0 Å². The Kier molecular flexibility index (Phi) is 5.81. The van der Waals surface area contributed by atoms with Crippen LogP contribution in [0.5, 0.6) is 5.75 Å². The van der Waals surface area contributed by atoms with E-state index in [4.69, 9.17) is 9.47 Å². The van der Waals surface area contributed by atoms with Crippen LogP contribution >= 0.6 is 0 Å². The van der Waals surface area contributed by atoms with Gasteiger partial charge in [0.1, 0.15) is 12.4 Å². The van der Waals surface area contributed by atoms with Crippen LogP contribution in [0.4, 0.5) is 18.0 Å². The van der Waals surface area contributed by atoms with Crippen molar-refractivity contribution in [2.75, 3.05) is 13.2 Å². The van der Waals surface area contributed by atoms with Crippen LogP contribution in [0.15, 0.2) is 54.6 Å². The Balaban J connectivity index is 1.45. The third-order valence-corrected chi connectivity index (χ3v) is 5.60. The number of piperidine rings is 1. The van der Waals surface area contributed by atoms with Gasteiger partial charge in [0.25, 0.3) is 0 Å². The van der Waals surface area contributed by atoms with Crippen LogP contribution in [-0.4, -0.2) is 47.8 Å². The summed E-state index contributed by atoms with van der Waals surface area (Å²) < 4.78 is 52.1. The van der Waals surface area contributed by atoms with Crippen LogP contribution in [0.3, 0.4) is 0 Å². The number of hydrogen-bond acceptors (Lipinski definition) is 5. The number of carbonyl (C=O) groups excluding carboxylic acids is 1. The predicted molar refractivity (Wildman–Crippen MR) is 103 cm³/mol. The lowest BCUT2D eigenvalue weighted by atomic mass is 9.77. The number of nitrogens with zero attached hydrogens (tertiary/aromatic N) is 1. The van der Waals surface area contributed by atoms with Crippen LogP contribution in [0.2, 0.25) is 0 Å². The van der Waals surface area contributed by atoms with Gasteiger partial charge in [-0.05, 0) is 23.3 Å². The monoisotopic (exact) mass is 437 g/mol. The zero-order valence-electron chi connectivity index (χ0n) is 16.5. The number of carbonyl (C=O) groups is 1. The number of benzene rings is 2. The minimum Gasteiger partial charge on any atom is -0.445 e. The number of alkyl halides is 3. The SMILES string of the molecule is O=C(OCc1ccccc1)N1C2COCC1CC(O)(c1ccc(OC(F)(F)F)cc1)C2. The first-order chi connectivity index (χ1) is 14.7. The lowest BCUT2D eigenvalue weighted by Gasteiger charge is -2.51. The van der Waals surface area contributed by atoms with E-state index in [1.54, 1.807) is 4.90 Å². The summed E-state index contributed by atoms with van der Waals surface area (Å²) in [6.07, 6.45) is -4.89. The first-order valence-electron chi connectivity index (χ1n) is 9.89. The molecule has 6 nitrogen and oxygen atoms in total. The molecule has 1 N–H and O–H groups in total. The molecule has 0 saturated carbocycles. The fourth-order valence-electron chi connectivity index (χ4n) is 4.27. The molecule has 1 amide bonds. The lowest BCUT2D eigenvalue weighted by molar-refractivity contribution is -0.274. The molecule has 2 heterocycles. The van der Waals surface area contributed by atoms with Crippen LogP contribution in [-0.2, 0) is 21.7 Å². The molecule has 166 valence electrons. The molecular formula is C22H22F3NO5. The molecule has 0 radical (unpaired) electrons. The van der Waals surface area contributed by atoms with Crippen molar-refractivity contribution >= 4 is 6.09 Å². The molecule has 0 spiro atoms. The van der Waals surface area contributed by atoms with Crippen molar-refractivity contribution in [3.63, 3.8) is 0 Å². The lowest BCUT2D eigenvalue weighted by Crippen LogP contribution is -2.62. The number of hydrogen-bond donors (Lipinski definition) is 1. The second-order valence-electron chi connectivity index (χ2n) is 7.80. The Bertz CT molecular complexity index is 890. The molecule has 2 saturated heterocycles. The summed E-state index contributed by atoms with van der Waals surface area (Å²) in [6, 6.07) is 13.7. The van der Waals surface area contributed by atoms with Gasteiger partial charge in [-0.15, -0.1) is 13.2 Å². The Hall–Kier alpha value is -2.78. The van der Waals surface area contributed by atoms with Crippen molar-refractivity contribution in [2.24, 2.45) is 0 Å². The molecule has 31 heavy (non-hydrogen) atoms. The number of aliphatic hydroxyl groups is 1. The molecule has 2 aromatic carbocycles. The normalized spacial score (nSPS) is 25.7. The van der Waals surface area contributed by atoms with Gasteiger partial charge in [-0.1, -0.05) is 42.5 Å². The van der Waals surface area contributed by atoms with E-state index >= 15 is 0 Å². The minimum absolute atomic E-state index is 0.140. The largest absolute Gasteiger partial charge is 0.573 e. The molecule has 0 aliphatic carbocycles. The van der Waals surface area contributed by atoms with Crippen molar-refractivity contribution in [1.82, 2.24) is 4.90 Å². The van der Waals surface area contributed by atoms with E-state index in [1.807, 2.05) is 30.3 Å². The zero-order chi connectivity index (χ0) is 22.1.